The van der Waals surface area contributed by atoms with E-state index >= 15 is 0 Å². The number of benzene rings is 1. The summed E-state index contributed by atoms with van der Waals surface area (Å²) in [7, 11) is 0. The third-order valence-corrected chi connectivity index (χ3v) is 4.87. The molecule has 0 bridgehead atoms. The Morgan fingerprint density at radius 1 is 1.33 bits per heavy atom. The number of hydrogen-bond acceptors (Lipinski definition) is 4. The maximum atomic E-state index is 12.6. The van der Waals surface area contributed by atoms with Gasteiger partial charge in [0.15, 0.2) is 6.10 Å². The van der Waals surface area contributed by atoms with Gasteiger partial charge in [-0.3, -0.25) is 9.69 Å². The number of carbonyl (C=O) groups excluding carboxylic acids is 1. The molecule has 5 nitrogen and oxygen atoms in total. The molecule has 3 rings (SSSR count). The first-order valence-corrected chi connectivity index (χ1v) is 8.67. The minimum atomic E-state index is -0.492. The van der Waals surface area contributed by atoms with Crippen LogP contribution in [0.25, 0.3) is 0 Å². The lowest BCUT2D eigenvalue weighted by molar-refractivity contribution is -0.140. The number of amides is 1. The number of carbonyl (C=O) groups is 1. The molecule has 0 saturated carbocycles. The third kappa shape index (κ3) is 4.76. The van der Waals surface area contributed by atoms with E-state index in [2.05, 4.69) is 10.2 Å². The quantitative estimate of drug-likeness (QED) is 0.876. The summed E-state index contributed by atoms with van der Waals surface area (Å²) in [5.74, 6) is 0.684. The molecule has 7 heteroatoms. The van der Waals surface area contributed by atoms with Crippen molar-refractivity contribution in [3.05, 3.63) is 29.3 Å². The van der Waals surface area contributed by atoms with E-state index in [4.69, 9.17) is 16.3 Å². The van der Waals surface area contributed by atoms with Crippen LogP contribution in [-0.4, -0.2) is 67.1 Å². The Hall–Kier alpha value is -1.01. The molecule has 2 aliphatic heterocycles. The standard InChI is InChI=1S/C17H24ClN3O2.ClH/c1-13(23-16-4-2-3-14(18)11-16)17(22)21-9-7-20(8-10-21)15-5-6-19-12-15;/h2-4,11,13,15,19H,5-10,12H2,1H3;1H. The lowest BCUT2D eigenvalue weighted by Crippen LogP contribution is -2.54. The summed E-state index contributed by atoms with van der Waals surface area (Å²) in [6.07, 6.45) is 0.718. The first-order valence-electron chi connectivity index (χ1n) is 8.29. The smallest absolute Gasteiger partial charge is 0.263 e. The Labute approximate surface area is 154 Å². The van der Waals surface area contributed by atoms with E-state index in [-0.39, 0.29) is 18.3 Å². The van der Waals surface area contributed by atoms with Gasteiger partial charge in [-0.25, -0.2) is 0 Å². The number of piperazine rings is 1. The van der Waals surface area contributed by atoms with E-state index < -0.39 is 6.10 Å². The largest absolute Gasteiger partial charge is 0.481 e. The second-order valence-electron chi connectivity index (χ2n) is 6.23. The van der Waals surface area contributed by atoms with Crippen molar-refractivity contribution in [1.29, 1.82) is 0 Å². The molecule has 1 N–H and O–H groups in total. The van der Waals surface area contributed by atoms with Crippen LogP contribution in [0.3, 0.4) is 0 Å². The SMILES string of the molecule is CC(Oc1cccc(Cl)c1)C(=O)N1CCN(C2CCNC2)CC1.Cl. The molecule has 2 unspecified atom stereocenters. The highest BCUT2D eigenvalue weighted by Crippen LogP contribution is 2.19. The van der Waals surface area contributed by atoms with Crippen molar-refractivity contribution in [3.63, 3.8) is 0 Å². The average molecular weight is 374 g/mol. The van der Waals surface area contributed by atoms with E-state index in [1.54, 1.807) is 19.1 Å². The van der Waals surface area contributed by atoms with Crippen LogP contribution in [0.15, 0.2) is 24.3 Å². The number of nitrogens with one attached hydrogen (secondary N) is 1. The van der Waals surface area contributed by atoms with E-state index in [1.807, 2.05) is 17.0 Å². The van der Waals surface area contributed by atoms with Crippen molar-refractivity contribution in [2.75, 3.05) is 39.3 Å². The molecule has 2 saturated heterocycles. The Morgan fingerprint density at radius 3 is 2.71 bits per heavy atom. The van der Waals surface area contributed by atoms with Crippen molar-refractivity contribution >= 4 is 29.9 Å². The van der Waals surface area contributed by atoms with E-state index in [9.17, 15) is 4.79 Å². The molecule has 1 aromatic carbocycles. The molecule has 2 atom stereocenters. The Bertz CT molecular complexity index is 544. The Kier molecular flexibility index (Phi) is 7.16. The maximum Gasteiger partial charge on any atom is 0.263 e. The third-order valence-electron chi connectivity index (χ3n) is 4.63. The number of ether oxygens (including phenoxy) is 1. The summed E-state index contributed by atoms with van der Waals surface area (Å²) in [4.78, 5) is 17.0. The van der Waals surface area contributed by atoms with Gasteiger partial charge < -0.3 is 15.0 Å². The van der Waals surface area contributed by atoms with Gasteiger partial charge in [-0.05, 0) is 38.1 Å². The fourth-order valence-corrected chi connectivity index (χ4v) is 3.49. The highest BCUT2D eigenvalue weighted by atomic mass is 35.5. The molecule has 134 valence electrons. The fourth-order valence-electron chi connectivity index (χ4n) is 3.31. The molecule has 1 aromatic rings. The van der Waals surface area contributed by atoms with Crippen molar-refractivity contribution in [2.24, 2.45) is 0 Å². The average Bonchev–Trinajstić information content (AvgIpc) is 3.09. The normalized spacial score (nSPS) is 22.8. The van der Waals surface area contributed by atoms with Gasteiger partial charge in [0.2, 0.25) is 0 Å². The molecule has 24 heavy (non-hydrogen) atoms. The predicted molar refractivity (Wildman–Crippen MR) is 98.2 cm³/mol. The van der Waals surface area contributed by atoms with Crippen molar-refractivity contribution in [2.45, 2.75) is 25.5 Å². The van der Waals surface area contributed by atoms with Crippen LogP contribution in [-0.2, 0) is 4.79 Å². The summed E-state index contributed by atoms with van der Waals surface area (Å²) in [5, 5.41) is 4.01. The molecule has 1 amide bonds. The van der Waals surface area contributed by atoms with Crippen LogP contribution in [0.5, 0.6) is 5.75 Å². The lowest BCUT2D eigenvalue weighted by atomic mass is 10.2. The Morgan fingerprint density at radius 2 is 2.08 bits per heavy atom. The zero-order chi connectivity index (χ0) is 16.2. The zero-order valence-corrected chi connectivity index (χ0v) is 15.5. The Balaban J connectivity index is 0.00000208. The van der Waals surface area contributed by atoms with Crippen LogP contribution < -0.4 is 10.1 Å². The van der Waals surface area contributed by atoms with Gasteiger partial charge >= 0.3 is 0 Å². The summed E-state index contributed by atoms with van der Waals surface area (Å²) >= 11 is 5.95. The van der Waals surface area contributed by atoms with E-state index in [0.29, 0.717) is 16.8 Å². The van der Waals surface area contributed by atoms with Crippen LogP contribution in [0.1, 0.15) is 13.3 Å². The number of halogens is 2. The summed E-state index contributed by atoms with van der Waals surface area (Å²) in [6.45, 7) is 7.42. The van der Waals surface area contributed by atoms with Crippen LogP contribution in [0.2, 0.25) is 5.02 Å². The minimum Gasteiger partial charge on any atom is -0.481 e. The van der Waals surface area contributed by atoms with E-state index in [1.165, 1.54) is 6.42 Å². The number of rotatable bonds is 4. The molecular weight excluding hydrogens is 349 g/mol. The summed E-state index contributed by atoms with van der Waals surface area (Å²) in [5.41, 5.74) is 0. The summed E-state index contributed by atoms with van der Waals surface area (Å²) < 4.78 is 5.74. The topological polar surface area (TPSA) is 44.8 Å². The van der Waals surface area contributed by atoms with Gasteiger partial charge in [-0.1, -0.05) is 17.7 Å². The van der Waals surface area contributed by atoms with Gasteiger partial charge in [0.1, 0.15) is 5.75 Å². The van der Waals surface area contributed by atoms with Crippen LogP contribution >= 0.6 is 24.0 Å². The van der Waals surface area contributed by atoms with Crippen molar-refractivity contribution in [3.8, 4) is 5.75 Å². The van der Waals surface area contributed by atoms with Crippen LogP contribution in [0, 0.1) is 0 Å². The highest BCUT2D eigenvalue weighted by molar-refractivity contribution is 6.30. The van der Waals surface area contributed by atoms with Crippen molar-refractivity contribution in [1.82, 2.24) is 15.1 Å². The number of hydrogen-bond donors (Lipinski definition) is 1. The molecule has 2 heterocycles. The maximum absolute atomic E-state index is 12.6. The van der Waals surface area contributed by atoms with Gasteiger partial charge in [0.25, 0.3) is 5.91 Å². The van der Waals surface area contributed by atoms with Crippen LogP contribution in [0.4, 0.5) is 0 Å². The molecule has 2 fully saturated rings. The molecule has 2 aliphatic rings. The number of nitrogens with zero attached hydrogens (tertiary/aromatic N) is 2. The van der Waals surface area contributed by atoms with E-state index in [0.717, 1.165) is 39.3 Å². The molecular formula is C17H25Cl2N3O2. The van der Waals surface area contributed by atoms with Gasteiger partial charge in [0, 0.05) is 43.8 Å². The van der Waals surface area contributed by atoms with Gasteiger partial charge in [-0.2, -0.15) is 0 Å². The predicted octanol–water partition coefficient (Wildman–Crippen LogP) is 2.04. The molecule has 0 radical (unpaired) electrons. The first-order chi connectivity index (χ1) is 11.1. The lowest BCUT2D eigenvalue weighted by Gasteiger charge is -2.38. The zero-order valence-electron chi connectivity index (χ0n) is 13.9. The molecule has 0 aliphatic carbocycles. The minimum absolute atomic E-state index is 0. The second kappa shape index (κ2) is 8.90. The monoisotopic (exact) mass is 373 g/mol. The summed E-state index contributed by atoms with van der Waals surface area (Å²) in [6, 6.07) is 7.80. The van der Waals surface area contributed by atoms with Gasteiger partial charge in [-0.15, -0.1) is 12.4 Å². The highest BCUT2D eigenvalue weighted by Gasteiger charge is 2.30. The molecule has 0 spiro atoms. The second-order valence-corrected chi connectivity index (χ2v) is 6.66. The van der Waals surface area contributed by atoms with Gasteiger partial charge in [0.05, 0.1) is 0 Å². The first kappa shape index (κ1) is 19.3. The van der Waals surface area contributed by atoms with Crippen molar-refractivity contribution < 1.29 is 9.53 Å². The molecule has 0 aromatic heterocycles. The fraction of sp³-hybridized carbons (Fsp3) is 0.588.